The van der Waals surface area contributed by atoms with E-state index in [4.69, 9.17) is 15.2 Å². The van der Waals surface area contributed by atoms with Gasteiger partial charge in [0.1, 0.15) is 5.82 Å². The Morgan fingerprint density at radius 2 is 1.88 bits per heavy atom. The molecule has 6 heteroatoms. The Hall–Kier alpha value is -3.04. The Morgan fingerprint density at radius 3 is 2.54 bits per heavy atom. The third kappa shape index (κ3) is 2.66. The van der Waals surface area contributed by atoms with E-state index >= 15 is 0 Å². The first-order chi connectivity index (χ1) is 11.7. The fourth-order valence-corrected chi connectivity index (χ4v) is 2.77. The van der Waals surface area contributed by atoms with Gasteiger partial charge in [-0.1, -0.05) is 18.2 Å². The van der Waals surface area contributed by atoms with Crippen molar-refractivity contribution in [3.8, 4) is 17.6 Å². The van der Waals surface area contributed by atoms with Gasteiger partial charge in [0, 0.05) is 12.1 Å². The molecule has 3 aromatic rings. The van der Waals surface area contributed by atoms with Crippen LogP contribution < -0.4 is 15.2 Å². The summed E-state index contributed by atoms with van der Waals surface area (Å²) in [5.41, 5.74) is 9.10. The molecule has 0 bridgehead atoms. The van der Waals surface area contributed by atoms with Crippen molar-refractivity contribution in [2.24, 2.45) is 5.73 Å². The van der Waals surface area contributed by atoms with Gasteiger partial charge in [-0.15, -0.1) is 0 Å². The van der Waals surface area contributed by atoms with E-state index < -0.39 is 0 Å². The molecule has 1 heterocycles. The molecule has 0 saturated heterocycles. The molecule has 3 rings (SSSR count). The lowest BCUT2D eigenvalue weighted by Gasteiger charge is -2.11. The van der Waals surface area contributed by atoms with E-state index in [0.717, 1.165) is 22.4 Å². The average Bonchev–Trinajstić information content (AvgIpc) is 2.97. The molecule has 0 fully saturated rings. The molecular weight excluding hydrogens is 304 g/mol. The summed E-state index contributed by atoms with van der Waals surface area (Å²) in [6.07, 6.45) is 0. The summed E-state index contributed by atoms with van der Waals surface area (Å²) in [4.78, 5) is 4.59. The van der Waals surface area contributed by atoms with Crippen molar-refractivity contribution in [2.75, 3.05) is 14.2 Å². The van der Waals surface area contributed by atoms with Gasteiger partial charge in [-0.25, -0.2) is 4.98 Å². The van der Waals surface area contributed by atoms with Crippen LogP contribution >= 0.6 is 0 Å². The third-order valence-electron chi connectivity index (χ3n) is 3.98. The number of nitrogens with zero attached hydrogens (tertiary/aromatic N) is 3. The highest BCUT2D eigenvalue weighted by molar-refractivity contribution is 5.81. The van der Waals surface area contributed by atoms with Crippen molar-refractivity contribution >= 4 is 11.0 Å². The Labute approximate surface area is 140 Å². The predicted octanol–water partition coefficient (Wildman–Crippen LogP) is 2.43. The second-order valence-electron chi connectivity index (χ2n) is 5.28. The van der Waals surface area contributed by atoms with Crippen molar-refractivity contribution in [1.29, 1.82) is 5.26 Å². The van der Waals surface area contributed by atoms with E-state index in [-0.39, 0.29) is 0 Å². The minimum absolute atomic E-state index is 0.300. The van der Waals surface area contributed by atoms with Crippen LogP contribution in [0.25, 0.3) is 11.0 Å². The zero-order chi connectivity index (χ0) is 17.1. The van der Waals surface area contributed by atoms with Crippen molar-refractivity contribution in [2.45, 2.75) is 13.1 Å². The van der Waals surface area contributed by atoms with Crippen LogP contribution in [-0.4, -0.2) is 23.8 Å². The number of benzene rings is 2. The second-order valence-corrected chi connectivity index (χ2v) is 5.28. The summed E-state index contributed by atoms with van der Waals surface area (Å²) in [5, 5.41) is 9.30. The summed E-state index contributed by atoms with van der Waals surface area (Å²) in [7, 11) is 3.19. The molecule has 0 aliphatic heterocycles. The van der Waals surface area contributed by atoms with Crippen LogP contribution in [0, 0.1) is 11.3 Å². The first-order valence-electron chi connectivity index (χ1n) is 7.51. The van der Waals surface area contributed by atoms with Gasteiger partial charge in [-0.3, -0.25) is 0 Å². The number of ether oxygens (including phenoxy) is 2. The van der Waals surface area contributed by atoms with E-state index in [1.54, 1.807) is 20.3 Å². The summed E-state index contributed by atoms with van der Waals surface area (Å²) in [5.74, 6) is 1.99. The topological polar surface area (TPSA) is 86.1 Å². The smallest absolute Gasteiger partial charge is 0.163 e. The van der Waals surface area contributed by atoms with E-state index in [9.17, 15) is 5.26 Å². The van der Waals surface area contributed by atoms with Crippen LogP contribution in [0.4, 0.5) is 0 Å². The number of methoxy groups -OCH3 is 2. The lowest BCUT2D eigenvalue weighted by Crippen LogP contribution is -2.10. The summed E-state index contributed by atoms with van der Waals surface area (Å²) < 4.78 is 12.7. The fourth-order valence-electron chi connectivity index (χ4n) is 2.77. The van der Waals surface area contributed by atoms with Gasteiger partial charge in [0.15, 0.2) is 11.5 Å². The Kier molecular flexibility index (Phi) is 4.36. The largest absolute Gasteiger partial charge is 0.493 e. The number of rotatable bonds is 5. The van der Waals surface area contributed by atoms with Crippen LogP contribution in [0.15, 0.2) is 36.4 Å². The lowest BCUT2D eigenvalue weighted by molar-refractivity contribution is 0.355. The highest BCUT2D eigenvalue weighted by Gasteiger charge is 2.15. The van der Waals surface area contributed by atoms with E-state index in [2.05, 4.69) is 11.1 Å². The normalized spacial score (nSPS) is 10.6. The molecule has 122 valence electrons. The molecule has 0 aliphatic carbocycles. The molecule has 0 saturated carbocycles. The molecule has 0 amide bonds. The minimum Gasteiger partial charge on any atom is -0.493 e. The van der Waals surface area contributed by atoms with Crippen LogP contribution in [-0.2, 0) is 13.1 Å². The predicted molar refractivity (Wildman–Crippen MR) is 91.0 cm³/mol. The maximum atomic E-state index is 9.30. The molecule has 2 N–H and O–H groups in total. The molecule has 2 aromatic carbocycles. The maximum Gasteiger partial charge on any atom is 0.163 e. The van der Waals surface area contributed by atoms with Crippen LogP contribution in [0.5, 0.6) is 11.5 Å². The number of fused-ring (bicyclic) bond motifs is 1. The Balaban J connectivity index is 2.17. The number of nitrogens with two attached hydrogens (primary N) is 1. The highest BCUT2D eigenvalue weighted by atomic mass is 16.5. The molecule has 6 nitrogen and oxygen atoms in total. The van der Waals surface area contributed by atoms with Crippen LogP contribution in [0.2, 0.25) is 0 Å². The molecule has 0 atom stereocenters. The van der Waals surface area contributed by atoms with Crippen molar-refractivity contribution < 1.29 is 9.47 Å². The fraction of sp³-hybridized carbons (Fsp3) is 0.222. The maximum absolute atomic E-state index is 9.30. The number of imidazole rings is 1. The van der Waals surface area contributed by atoms with E-state index in [0.29, 0.717) is 30.2 Å². The SMILES string of the molecule is COc1cc2nc(CN)n(Cc3ccccc3C#N)c2cc1OC. The zero-order valence-electron chi connectivity index (χ0n) is 13.6. The first-order valence-corrected chi connectivity index (χ1v) is 7.51. The van der Waals surface area contributed by atoms with Gasteiger partial charge in [-0.05, 0) is 11.6 Å². The van der Waals surface area contributed by atoms with Crippen molar-refractivity contribution in [1.82, 2.24) is 9.55 Å². The number of nitriles is 1. The summed E-state index contributed by atoms with van der Waals surface area (Å²) in [6.45, 7) is 0.816. The number of aromatic nitrogens is 2. The zero-order valence-corrected chi connectivity index (χ0v) is 13.6. The first kappa shape index (κ1) is 15.8. The summed E-state index contributed by atoms with van der Waals surface area (Å²) in [6, 6.07) is 13.5. The standard InChI is InChI=1S/C18H18N4O2/c1-23-16-7-14-15(8-17(16)24-2)22(18(10-20)21-14)11-13-6-4-3-5-12(13)9-19/h3-8H,10-11,20H2,1-2H3. The quantitative estimate of drug-likeness (QED) is 0.779. The van der Waals surface area contributed by atoms with E-state index in [1.165, 1.54) is 0 Å². The van der Waals surface area contributed by atoms with Gasteiger partial charge in [-0.2, -0.15) is 5.26 Å². The highest BCUT2D eigenvalue weighted by Crippen LogP contribution is 2.32. The summed E-state index contributed by atoms with van der Waals surface area (Å²) >= 11 is 0. The second kappa shape index (κ2) is 6.60. The Morgan fingerprint density at radius 1 is 1.17 bits per heavy atom. The van der Waals surface area contributed by atoms with E-state index in [1.807, 2.05) is 34.9 Å². The molecule has 0 unspecified atom stereocenters. The number of hydrogen-bond acceptors (Lipinski definition) is 5. The minimum atomic E-state index is 0.300. The van der Waals surface area contributed by atoms with Gasteiger partial charge in [0.2, 0.25) is 0 Å². The molecule has 0 spiro atoms. The molecular formula is C18H18N4O2. The van der Waals surface area contributed by atoms with Crippen molar-refractivity contribution in [3.63, 3.8) is 0 Å². The van der Waals surface area contributed by atoms with Gasteiger partial charge in [0.05, 0.1) is 50.0 Å². The Bertz CT molecular complexity index is 925. The lowest BCUT2D eigenvalue weighted by atomic mass is 10.1. The molecule has 0 aliphatic rings. The monoisotopic (exact) mass is 322 g/mol. The van der Waals surface area contributed by atoms with Gasteiger partial charge >= 0.3 is 0 Å². The van der Waals surface area contributed by atoms with Crippen LogP contribution in [0.3, 0.4) is 0 Å². The molecule has 24 heavy (non-hydrogen) atoms. The van der Waals surface area contributed by atoms with Gasteiger partial charge in [0.25, 0.3) is 0 Å². The average molecular weight is 322 g/mol. The van der Waals surface area contributed by atoms with Gasteiger partial charge < -0.3 is 19.8 Å². The molecule has 0 radical (unpaired) electrons. The third-order valence-corrected chi connectivity index (χ3v) is 3.98. The number of hydrogen-bond donors (Lipinski definition) is 1. The molecule has 1 aromatic heterocycles. The van der Waals surface area contributed by atoms with Crippen LogP contribution in [0.1, 0.15) is 17.0 Å². The van der Waals surface area contributed by atoms with Crippen molar-refractivity contribution in [3.05, 3.63) is 53.3 Å².